The lowest BCUT2D eigenvalue weighted by molar-refractivity contribution is 0.620. The molecule has 5 heteroatoms. The third-order valence-corrected chi connectivity index (χ3v) is 4.74. The number of alkyl halides is 1. The molecule has 1 aromatic rings. The van der Waals surface area contributed by atoms with Crippen LogP contribution in [0.5, 0.6) is 0 Å². The van der Waals surface area contributed by atoms with Gasteiger partial charge in [0, 0.05) is 36.2 Å². The van der Waals surface area contributed by atoms with Gasteiger partial charge in [0.2, 0.25) is 0 Å². The van der Waals surface area contributed by atoms with Crippen LogP contribution < -0.4 is 4.90 Å². The van der Waals surface area contributed by atoms with Crippen molar-refractivity contribution < 1.29 is 0 Å². The zero-order valence-electron chi connectivity index (χ0n) is 11.0. The lowest BCUT2D eigenvalue weighted by Crippen LogP contribution is -2.44. The summed E-state index contributed by atoms with van der Waals surface area (Å²) in [5.74, 6) is 2.91. The number of aryl methyl sites for hydroxylation is 2. The van der Waals surface area contributed by atoms with E-state index in [4.69, 9.17) is 11.6 Å². The smallest absolute Gasteiger partial charge is 0.131 e. The lowest BCUT2D eigenvalue weighted by atomic mass is 10.1. The lowest BCUT2D eigenvalue weighted by Gasteiger charge is -2.39. The highest BCUT2D eigenvalue weighted by atomic mass is 35.5. The summed E-state index contributed by atoms with van der Waals surface area (Å²) in [5.41, 5.74) is 2.23. The molecule has 0 atom stereocenters. The number of rotatable bonds is 2. The number of nitrogens with zero attached hydrogens (tertiary/aromatic N) is 3. The maximum absolute atomic E-state index is 6.06. The Balaban J connectivity index is 2.33. The molecule has 2 heterocycles. The molecule has 17 heavy (non-hydrogen) atoms. The van der Waals surface area contributed by atoms with Gasteiger partial charge in [0.05, 0.1) is 11.6 Å². The molecule has 96 valence electrons. The number of hydrogen-bond donors (Lipinski definition) is 0. The van der Waals surface area contributed by atoms with Gasteiger partial charge in [0.15, 0.2) is 0 Å². The quantitative estimate of drug-likeness (QED) is 0.773. The first-order valence-corrected chi connectivity index (χ1v) is 7.44. The summed E-state index contributed by atoms with van der Waals surface area (Å²) in [6.07, 6.45) is 0. The normalized spacial score (nSPS) is 19.7. The van der Waals surface area contributed by atoms with E-state index in [9.17, 15) is 0 Å². The molecule has 0 spiro atoms. The van der Waals surface area contributed by atoms with E-state index in [0.717, 1.165) is 18.8 Å². The van der Waals surface area contributed by atoms with Crippen molar-refractivity contribution in [2.24, 2.45) is 7.05 Å². The molecular formula is C12H20ClN3S. The predicted octanol–water partition coefficient (Wildman–Crippen LogP) is 2.80. The van der Waals surface area contributed by atoms with E-state index < -0.39 is 0 Å². The van der Waals surface area contributed by atoms with Gasteiger partial charge < -0.3 is 4.90 Å². The van der Waals surface area contributed by atoms with Gasteiger partial charge in [-0.3, -0.25) is 4.68 Å². The fraction of sp³-hybridized carbons (Fsp3) is 0.750. The maximum Gasteiger partial charge on any atom is 0.131 e. The molecule has 1 fully saturated rings. The summed E-state index contributed by atoms with van der Waals surface area (Å²) < 4.78 is 2.28. The molecule has 1 aliphatic heterocycles. The average molecular weight is 274 g/mol. The molecule has 0 bridgehead atoms. The Morgan fingerprint density at radius 1 is 1.47 bits per heavy atom. The third kappa shape index (κ3) is 2.58. The van der Waals surface area contributed by atoms with Gasteiger partial charge in [-0.15, -0.1) is 11.6 Å². The van der Waals surface area contributed by atoms with Crippen molar-refractivity contribution in [2.45, 2.75) is 31.4 Å². The largest absolute Gasteiger partial charge is 0.354 e. The van der Waals surface area contributed by atoms with Gasteiger partial charge in [-0.25, -0.2) is 0 Å². The van der Waals surface area contributed by atoms with Gasteiger partial charge in [0.25, 0.3) is 0 Å². The van der Waals surface area contributed by atoms with Crippen LogP contribution in [0.25, 0.3) is 0 Å². The minimum Gasteiger partial charge on any atom is -0.354 e. The van der Waals surface area contributed by atoms with Gasteiger partial charge >= 0.3 is 0 Å². The number of hydrogen-bond acceptors (Lipinski definition) is 3. The first-order chi connectivity index (χ1) is 7.94. The molecule has 1 aliphatic rings. The fourth-order valence-corrected chi connectivity index (χ4v) is 3.86. The summed E-state index contributed by atoms with van der Waals surface area (Å²) in [7, 11) is 2.01. The van der Waals surface area contributed by atoms with Crippen LogP contribution in [0.15, 0.2) is 0 Å². The van der Waals surface area contributed by atoms with Gasteiger partial charge in [-0.05, 0) is 20.8 Å². The van der Waals surface area contributed by atoms with E-state index in [2.05, 4.69) is 23.8 Å². The number of thioether (sulfide) groups is 1. The van der Waals surface area contributed by atoms with Crippen molar-refractivity contribution in [2.75, 3.05) is 23.7 Å². The highest BCUT2D eigenvalue weighted by molar-refractivity contribution is 8.00. The predicted molar refractivity (Wildman–Crippen MR) is 76.3 cm³/mol. The van der Waals surface area contributed by atoms with E-state index >= 15 is 0 Å². The average Bonchev–Trinajstić information content (AvgIpc) is 2.51. The van der Waals surface area contributed by atoms with Crippen molar-refractivity contribution in [3.63, 3.8) is 0 Å². The Morgan fingerprint density at radius 2 is 2.18 bits per heavy atom. The minimum absolute atomic E-state index is 0.306. The highest BCUT2D eigenvalue weighted by Gasteiger charge is 2.30. The first kappa shape index (κ1) is 13.1. The van der Waals surface area contributed by atoms with E-state index in [0.29, 0.717) is 10.6 Å². The molecule has 2 rings (SSSR count). The molecule has 0 aromatic carbocycles. The molecule has 0 unspecified atom stereocenters. The Kier molecular flexibility index (Phi) is 3.64. The van der Waals surface area contributed by atoms with Crippen molar-refractivity contribution in [1.29, 1.82) is 0 Å². The molecule has 0 aliphatic carbocycles. The van der Waals surface area contributed by atoms with Crippen molar-refractivity contribution in [3.05, 3.63) is 11.3 Å². The number of halogens is 1. The van der Waals surface area contributed by atoms with Crippen LogP contribution in [0, 0.1) is 6.92 Å². The molecule has 0 saturated carbocycles. The van der Waals surface area contributed by atoms with Crippen LogP contribution in [-0.4, -0.2) is 33.4 Å². The molecule has 1 aromatic heterocycles. The fourth-order valence-electron chi connectivity index (χ4n) is 2.44. The highest BCUT2D eigenvalue weighted by Crippen LogP contribution is 2.34. The summed E-state index contributed by atoms with van der Waals surface area (Å²) >= 11 is 8.10. The Hall–Kier alpha value is -0.350. The number of aromatic nitrogens is 2. The van der Waals surface area contributed by atoms with Gasteiger partial charge in [0.1, 0.15) is 5.82 Å². The summed E-state index contributed by atoms with van der Waals surface area (Å²) in [4.78, 5) is 2.42. The van der Waals surface area contributed by atoms with Crippen molar-refractivity contribution >= 4 is 29.2 Å². The van der Waals surface area contributed by atoms with Crippen LogP contribution in [0.2, 0.25) is 0 Å². The van der Waals surface area contributed by atoms with Crippen LogP contribution in [0.4, 0.5) is 5.82 Å². The zero-order chi connectivity index (χ0) is 12.6. The summed E-state index contributed by atoms with van der Waals surface area (Å²) in [6, 6.07) is 0. The van der Waals surface area contributed by atoms with Crippen molar-refractivity contribution in [1.82, 2.24) is 9.78 Å². The van der Waals surface area contributed by atoms with E-state index in [-0.39, 0.29) is 0 Å². The second-order valence-corrected chi connectivity index (χ2v) is 7.24. The van der Waals surface area contributed by atoms with Crippen LogP contribution in [0.3, 0.4) is 0 Å². The van der Waals surface area contributed by atoms with E-state index in [1.807, 2.05) is 30.4 Å². The Labute approximate surface area is 113 Å². The molecule has 0 amide bonds. The first-order valence-electron chi connectivity index (χ1n) is 5.92. The molecule has 0 N–H and O–H groups in total. The molecule has 1 saturated heterocycles. The standard InChI is InChI=1S/C12H20ClN3S/c1-9-10(7-13)11(15(4)14-9)16-5-6-17-12(2,3)8-16/h5-8H2,1-4H3. The molecule has 0 radical (unpaired) electrons. The summed E-state index contributed by atoms with van der Waals surface area (Å²) in [6.45, 7) is 8.77. The van der Waals surface area contributed by atoms with E-state index in [1.54, 1.807) is 0 Å². The zero-order valence-corrected chi connectivity index (χ0v) is 12.5. The van der Waals surface area contributed by atoms with Crippen LogP contribution in [0.1, 0.15) is 25.1 Å². The Morgan fingerprint density at radius 3 is 2.76 bits per heavy atom. The second kappa shape index (κ2) is 4.73. The van der Waals surface area contributed by atoms with Gasteiger partial charge in [-0.1, -0.05) is 0 Å². The topological polar surface area (TPSA) is 21.1 Å². The molecule has 3 nitrogen and oxygen atoms in total. The van der Waals surface area contributed by atoms with Crippen molar-refractivity contribution in [3.8, 4) is 0 Å². The van der Waals surface area contributed by atoms with Gasteiger partial charge in [-0.2, -0.15) is 16.9 Å². The number of anilines is 1. The monoisotopic (exact) mass is 273 g/mol. The van der Waals surface area contributed by atoms with E-state index in [1.165, 1.54) is 17.1 Å². The second-order valence-electron chi connectivity index (χ2n) is 5.17. The maximum atomic E-state index is 6.06. The molecular weight excluding hydrogens is 254 g/mol. The van der Waals surface area contributed by atoms with Crippen LogP contribution in [-0.2, 0) is 12.9 Å². The third-order valence-electron chi connectivity index (χ3n) is 3.17. The Bertz CT molecular complexity index is 414. The SMILES string of the molecule is Cc1nn(C)c(N2CCSC(C)(C)C2)c1CCl. The summed E-state index contributed by atoms with van der Waals surface area (Å²) in [5, 5.41) is 4.49. The van der Waals surface area contributed by atoms with Crippen LogP contribution >= 0.6 is 23.4 Å². The minimum atomic E-state index is 0.306.